The van der Waals surface area contributed by atoms with Crippen molar-refractivity contribution < 1.29 is 9.59 Å². The van der Waals surface area contributed by atoms with E-state index in [2.05, 4.69) is 21.4 Å². The van der Waals surface area contributed by atoms with E-state index in [-0.39, 0.29) is 18.2 Å². The molecule has 33 heavy (non-hydrogen) atoms. The molecule has 0 spiro atoms. The van der Waals surface area contributed by atoms with Gasteiger partial charge in [0, 0.05) is 44.5 Å². The van der Waals surface area contributed by atoms with Crippen LogP contribution in [-0.2, 0) is 9.59 Å². The molecule has 2 amide bonds. The maximum absolute atomic E-state index is 12.8. The average Bonchev–Trinajstić information content (AvgIpc) is 3.39. The van der Waals surface area contributed by atoms with Gasteiger partial charge in [-0.25, -0.2) is 0 Å². The van der Waals surface area contributed by atoms with Gasteiger partial charge in [-0.2, -0.15) is 4.37 Å². The topological polar surface area (TPSA) is 56.8 Å². The minimum Gasteiger partial charge on any atom is -0.352 e. The number of thioether (sulfide) groups is 1. The number of nitrogens with zero attached hydrogens (tertiary/aromatic N) is 4. The number of aromatic nitrogens is 1. The summed E-state index contributed by atoms with van der Waals surface area (Å²) in [5.74, 6) is 0.936. The number of hydrogen-bond donors (Lipinski definition) is 0. The van der Waals surface area contributed by atoms with Crippen molar-refractivity contribution in [3.8, 4) is 0 Å². The summed E-state index contributed by atoms with van der Waals surface area (Å²) in [5, 5.41) is 1.17. The smallest absolute Gasteiger partial charge is 0.266 e. The molecule has 0 aliphatic carbocycles. The van der Waals surface area contributed by atoms with E-state index in [4.69, 9.17) is 12.2 Å². The molecule has 0 bridgehead atoms. The molecule has 3 aromatic rings. The van der Waals surface area contributed by atoms with Gasteiger partial charge in [0.2, 0.25) is 5.91 Å². The highest BCUT2D eigenvalue weighted by atomic mass is 32.2. The summed E-state index contributed by atoms with van der Waals surface area (Å²) in [6, 6.07) is 17.9. The summed E-state index contributed by atoms with van der Waals surface area (Å²) < 4.78 is 6.32. The van der Waals surface area contributed by atoms with E-state index in [0.717, 1.165) is 24.5 Å². The van der Waals surface area contributed by atoms with Crippen LogP contribution in [0, 0.1) is 0 Å². The Morgan fingerprint density at radius 1 is 1.03 bits per heavy atom. The highest BCUT2D eigenvalue weighted by molar-refractivity contribution is 8.26. The zero-order valence-corrected chi connectivity index (χ0v) is 20.3. The number of amides is 2. The van der Waals surface area contributed by atoms with E-state index in [9.17, 15) is 9.59 Å². The molecule has 2 aromatic carbocycles. The van der Waals surface area contributed by atoms with Gasteiger partial charge in [-0.05, 0) is 35.3 Å². The summed E-state index contributed by atoms with van der Waals surface area (Å²) >= 11 is 8.21. The molecule has 2 fully saturated rings. The first-order chi connectivity index (χ1) is 16.1. The summed E-state index contributed by atoms with van der Waals surface area (Å²) in [5.41, 5.74) is 0.958. The van der Waals surface area contributed by atoms with Crippen molar-refractivity contribution in [3.05, 3.63) is 65.1 Å². The Labute approximate surface area is 206 Å². The molecule has 2 aliphatic rings. The number of benzene rings is 2. The average molecular weight is 495 g/mol. The number of anilines is 1. The monoisotopic (exact) mass is 494 g/mol. The molecular weight excluding hydrogens is 472 g/mol. The first kappa shape index (κ1) is 22.1. The zero-order valence-electron chi connectivity index (χ0n) is 17.8. The number of rotatable bonds is 5. The Kier molecular flexibility index (Phi) is 6.43. The molecule has 0 saturated carbocycles. The van der Waals surface area contributed by atoms with Gasteiger partial charge in [-0.1, -0.05) is 66.4 Å². The van der Waals surface area contributed by atoms with E-state index < -0.39 is 0 Å². The van der Waals surface area contributed by atoms with Gasteiger partial charge in [0.25, 0.3) is 5.91 Å². The second-order valence-corrected chi connectivity index (χ2v) is 10.3. The van der Waals surface area contributed by atoms with E-state index in [1.54, 1.807) is 4.90 Å². The fraction of sp³-hybridized carbons (Fsp3) is 0.250. The molecule has 3 heterocycles. The molecule has 1 aromatic heterocycles. The highest BCUT2D eigenvalue weighted by Crippen LogP contribution is 2.33. The largest absolute Gasteiger partial charge is 0.352 e. The summed E-state index contributed by atoms with van der Waals surface area (Å²) in [7, 11) is 0. The predicted octanol–water partition coefficient (Wildman–Crippen LogP) is 4.24. The number of thiocarbonyl (C=S) groups is 1. The van der Waals surface area contributed by atoms with Gasteiger partial charge in [0.1, 0.15) is 10.1 Å². The standard InChI is InChI=1S/C24H22N4O2S3/c29-21(10-11-28-23(30)20(32-24(28)31)16-17-6-2-1-3-7-17)26-12-14-27(15-13-26)22-18-8-4-5-9-19(18)33-25-22/h1-9,16H,10-15H2/b20-16-. The first-order valence-corrected chi connectivity index (χ1v) is 12.8. The molecule has 168 valence electrons. The molecule has 0 atom stereocenters. The van der Waals surface area contributed by atoms with Gasteiger partial charge >= 0.3 is 0 Å². The Morgan fingerprint density at radius 3 is 2.55 bits per heavy atom. The van der Waals surface area contributed by atoms with Gasteiger partial charge in [-0.3, -0.25) is 14.5 Å². The van der Waals surface area contributed by atoms with Crippen LogP contribution in [0.25, 0.3) is 16.2 Å². The summed E-state index contributed by atoms with van der Waals surface area (Å²) in [6.07, 6.45) is 2.12. The third-order valence-electron chi connectivity index (χ3n) is 5.81. The van der Waals surface area contributed by atoms with Crippen LogP contribution in [0.3, 0.4) is 0 Å². The Bertz CT molecular complexity index is 1230. The van der Waals surface area contributed by atoms with Crippen molar-refractivity contribution in [1.29, 1.82) is 0 Å². The Balaban J connectivity index is 1.15. The minimum atomic E-state index is -0.123. The fourth-order valence-electron chi connectivity index (χ4n) is 4.03. The molecule has 0 unspecified atom stereocenters. The van der Waals surface area contributed by atoms with Crippen molar-refractivity contribution in [2.24, 2.45) is 0 Å². The second kappa shape index (κ2) is 9.62. The third kappa shape index (κ3) is 4.66. The van der Waals surface area contributed by atoms with Crippen molar-refractivity contribution in [2.75, 3.05) is 37.6 Å². The van der Waals surface area contributed by atoms with Crippen LogP contribution in [-0.4, -0.2) is 63.0 Å². The molecular formula is C24H22N4O2S3. The van der Waals surface area contributed by atoms with E-state index in [0.29, 0.717) is 28.9 Å². The molecule has 0 N–H and O–H groups in total. The van der Waals surface area contributed by atoms with E-state index >= 15 is 0 Å². The SMILES string of the molecule is O=C(CCN1C(=O)/C(=C/c2ccccc2)SC1=S)N1CCN(c2nsc3ccccc23)CC1. The Morgan fingerprint density at radius 2 is 1.76 bits per heavy atom. The molecule has 2 saturated heterocycles. The number of carbonyl (C=O) groups is 2. The van der Waals surface area contributed by atoms with Crippen LogP contribution in [0.2, 0.25) is 0 Å². The van der Waals surface area contributed by atoms with Crippen LogP contribution in [0.5, 0.6) is 0 Å². The lowest BCUT2D eigenvalue weighted by atomic mass is 10.2. The van der Waals surface area contributed by atoms with Crippen molar-refractivity contribution >= 4 is 73.6 Å². The van der Waals surface area contributed by atoms with Crippen LogP contribution < -0.4 is 4.90 Å². The van der Waals surface area contributed by atoms with Crippen LogP contribution in [0.1, 0.15) is 12.0 Å². The summed E-state index contributed by atoms with van der Waals surface area (Å²) in [4.78, 5) is 31.9. The lowest BCUT2D eigenvalue weighted by Gasteiger charge is -2.35. The maximum atomic E-state index is 12.8. The van der Waals surface area contributed by atoms with E-state index in [1.165, 1.54) is 33.4 Å². The zero-order chi connectivity index (χ0) is 22.8. The first-order valence-electron chi connectivity index (χ1n) is 10.8. The number of hydrogen-bond acceptors (Lipinski definition) is 7. The van der Waals surface area contributed by atoms with E-state index in [1.807, 2.05) is 53.4 Å². The van der Waals surface area contributed by atoms with Crippen molar-refractivity contribution in [3.63, 3.8) is 0 Å². The number of piperazine rings is 1. The second-order valence-electron chi connectivity index (χ2n) is 7.86. The fourth-order valence-corrected chi connectivity index (χ4v) is 6.13. The molecule has 0 radical (unpaired) electrons. The van der Waals surface area contributed by atoms with Gasteiger partial charge < -0.3 is 9.80 Å². The van der Waals surface area contributed by atoms with Crippen molar-refractivity contribution in [1.82, 2.24) is 14.2 Å². The molecule has 5 rings (SSSR count). The third-order valence-corrected chi connectivity index (χ3v) is 8.01. The lowest BCUT2D eigenvalue weighted by molar-refractivity contribution is -0.132. The summed E-state index contributed by atoms with van der Waals surface area (Å²) in [6.45, 7) is 3.11. The highest BCUT2D eigenvalue weighted by Gasteiger charge is 2.33. The molecule has 2 aliphatic heterocycles. The lowest BCUT2D eigenvalue weighted by Crippen LogP contribution is -2.49. The number of carbonyl (C=O) groups excluding carboxylic acids is 2. The predicted molar refractivity (Wildman–Crippen MR) is 139 cm³/mol. The molecule has 9 heteroatoms. The Hall–Kier alpha value is -2.75. The maximum Gasteiger partial charge on any atom is 0.266 e. The van der Waals surface area contributed by atoms with Gasteiger partial charge in [0.15, 0.2) is 0 Å². The van der Waals surface area contributed by atoms with Gasteiger partial charge in [0.05, 0.1) is 9.61 Å². The van der Waals surface area contributed by atoms with Crippen molar-refractivity contribution in [2.45, 2.75) is 6.42 Å². The minimum absolute atomic E-state index is 0.0545. The van der Waals surface area contributed by atoms with Crippen LogP contribution in [0.4, 0.5) is 5.82 Å². The normalized spacial score (nSPS) is 18.1. The quantitative estimate of drug-likeness (QED) is 0.391. The van der Waals surface area contributed by atoms with Crippen LogP contribution in [0.15, 0.2) is 59.5 Å². The van der Waals surface area contributed by atoms with Gasteiger partial charge in [-0.15, -0.1) is 0 Å². The van der Waals surface area contributed by atoms with Crippen LogP contribution >= 0.6 is 35.5 Å². The number of fused-ring (bicyclic) bond motifs is 1. The molecule has 6 nitrogen and oxygen atoms in total.